The van der Waals surface area contributed by atoms with Crippen molar-refractivity contribution in [1.29, 1.82) is 0 Å². The van der Waals surface area contributed by atoms with Crippen LogP contribution in [0.2, 0.25) is 0 Å². The van der Waals surface area contributed by atoms with E-state index in [1.807, 2.05) is 30.3 Å². The lowest BCUT2D eigenvalue weighted by Crippen LogP contribution is -2.40. The van der Waals surface area contributed by atoms with Crippen molar-refractivity contribution in [3.8, 4) is 0 Å². The highest BCUT2D eigenvalue weighted by molar-refractivity contribution is 9.10. The van der Waals surface area contributed by atoms with Gasteiger partial charge in [-0.05, 0) is 40.9 Å². The summed E-state index contributed by atoms with van der Waals surface area (Å²) in [6.07, 6.45) is -0.576. The number of halogens is 1. The maximum atomic E-state index is 13.5. The van der Waals surface area contributed by atoms with E-state index in [4.69, 9.17) is 28.5 Å². The molecule has 0 radical (unpaired) electrons. The Balaban J connectivity index is 1.68. The second kappa shape index (κ2) is 14.3. The first-order valence-corrected chi connectivity index (χ1v) is 12.9. The lowest BCUT2D eigenvalue weighted by Gasteiger charge is -2.27. The van der Waals surface area contributed by atoms with Crippen LogP contribution in [0.25, 0.3) is 0 Å². The largest absolute Gasteiger partial charge is 0.461 e. The Morgan fingerprint density at radius 2 is 1.86 bits per heavy atom. The quantitative estimate of drug-likeness (QED) is 0.260. The number of hydrogen-bond donors (Lipinski definition) is 1. The van der Waals surface area contributed by atoms with Gasteiger partial charge >= 0.3 is 12.1 Å². The summed E-state index contributed by atoms with van der Waals surface area (Å²) in [5, 5.41) is 8.69. The maximum absolute atomic E-state index is 13.5. The Morgan fingerprint density at radius 3 is 2.54 bits per heavy atom. The van der Waals surface area contributed by atoms with Gasteiger partial charge < -0.3 is 28.5 Å². The topological polar surface area (TPSA) is 125 Å². The first-order chi connectivity index (χ1) is 17.8. The van der Waals surface area contributed by atoms with E-state index >= 15 is 0 Å². The first-order valence-electron chi connectivity index (χ1n) is 12.1. The van der Waals surface area contributed by atoms with Crippen LogP contribution < -0.4 is 0 Å². The highest BCUT2D eigenvalue weighted by atomic mass is 79.9. The van der Waals surface area contributed by atoms with Gasteiger partial charge in [-0.1, -0.05) is 30.3 Å². The van der Waals surface area contributed by atoms with Crippen LogP contribution in [0.5, 0.6) is 0 Å². The number of aryl methyl sites for hydroxylation is 1. The van der Waals surface area contributed by atoms with Gasteiger partial charge in [-0.2, -0.15) is 0 Å². The summed E-state index contributed by atoms with van der Waals surface area (Å²) in [5.74, 6) is -1.13. The number of imide groups is 1. The molecule has 2 aromatic rings. The lowest BCUT2D eigenvalue weighted by atomic mass is 9.98. The van der Waals surface area contributed by atoms with E-state index in [-0.39, 0.29) is 19.8 Å². The minimum Gasteiger partial charge on any atom is -0.461 e. The molecule has 2 amide bonds. The van der Waals surface area contributed by atoms with Crippen molar-refractivity contribution in [2.24, 2.45) is 5.92 Å². The van der Waals surface area contributed by atoms with Gasteiger partial charge in [0.15, 0.2) is 6.10 Å². The number of aliphatic hydroxyl groups is 1. The van der Waals surface area contributed by atoms with Crippen LogP contribution in [-0.2, 0) is 35.0 Å². The number of nitrogens with zero attached hydrogens (tertiary/aromatic N) is 1. The van der Waals surface area contributed by atoms with E-state index in [0.717, 1.165) is 10.5 Å². The number of carbonyl (C=O) groups is 3. The number of aliphatic hydroxyl groups excluding tert-OH is 1. The van der Waals surface area contributed by atoms with Crippen molar-refractivity contribution >= 4 is 33.9 Å². The van der Waals surface area contributed by atoms with E-state index in [0.29, 0.717) is 48.7 Å². The average molecular weight is 582 g/mol. The molecule has 37 heavy (non-hydrogen) atoms. The molecule has 0 spiro atoms. The standard InChI is InChI=1S/C26H32BrNO9/c1-17(25(31)28-21(16-35-26(28)32)19-7-4-3-5-8-19)24(36-18(2)30)23-15-20(27)22(37-23)9-6-11-33-13-14-34-12-10-29/h3-5,7-8,15,17,21,24,29H,6,9-14,16H2,1-2H3. The highest BCUT2D eigenvalue weighted by Gasteiger charge is 2.44. The summed E-state index contributed by atoms with van der Waals surface area (Å²) in [5.41, 5.74) is 0.767. The van der Waals surface area contributed by atoms with E-state index in [9.17, 15) is 14.4 Å². The Bertz CT molecular complexity index is 1040. The van der Waals surface area contributed by atoms with Crippen LogP contribution in [0.15, 0.2) is 45.3 Å². The monoisotopic (exact) mass is 581 g/mol. The molecule has 1 aromatic carbocycles. The molecule has 1 saturated heterocycles. The molecule has 1 aliphatic rings. The Hall–Kier alpha value is -2.73. The maximum Gasteiger partial charge on any atom is 0.417 e. The highest BCUT2D eigenvalue weighted by Crippen LogP contribution is 2.36. The second-order valence-electron chi connectivity index (χ2n) is 8.50. The van der Waals surface area contributed by atoms with Gasteiger partial charge in [0, 0.05) is 20.0 Å². The fourth-order valence-electron chi connectivity index (χ4n) is 3.98. The molecule has 2 heterocycles. The molecule has 3 unspecified atom stereocenters. The van der Waals surface area contributed by atoms with Gasteiger partial charge in [0.05, 0.1) is 36.8 Å². The predicted octanol–water partition coefficient (Wildman–Crippen LogP) is 3.96. The lowest BCUT2D eigenvalue weighted by molar-refractivity contribution is -0.154. The first kappa shape index (κ1) is 28.8. The number of hydrogen-bond acceptors (Lipinski definition) is 9. The molecule has 3 atom stereocenters. The zero-order valence-electron chi connectivity index (χ0n) is 20.9. The molecule has 202 valence electrons. The van der Waals surface area contributed by atoms with Crippen LogP contribution in [0.4, 0.5) is 4.79 Å². The van der Waals surface area contributed by atoms with E-state index in [2.05, 4.69) is 15.9 Å². The zero-order valence-corrected chi connectivity index (χ0v) is 22.5. The molecule has 1 aliphatic heterocycles. The smallest absolute Gasteiger partial charge is 0.417 e. The summed E-state index contributed by atoms with van der Waals surface area (Å²) in [6, 6.07) is 10.2. The number of esters is 1. The van der Waals surface area contributed by atoms with Gasteiger partial charge in [0.25, 0.3) is 0 Å². The molecule has 3 rings (SSSR count). The Morgan fingerprint density at radius 1 is 1.16 bits per heavy atom. The fourth-order valence-corrected chi connectivity index (χ4v) is 4.48. The van der Waals surface area contributed by atoms with E-state index in [1.54, 1.807) is 13.0 Å². The summed E-state index contributed by atoms with van der Waals surface area (Å²) in [6.45, 7) is 4.44. The number of furan rings is 1. The number of amides is 2. The van der Waals surface area contributed by atoms with Gasteiger partial charge in [-0.3, -0.25) is 9.59 Å². The van der Waals surface area contributed by atoms with Crippen molar-refractivity contribution in [1.82, 2.24) is 4.90 Å². The van der Waals surface area contributed by atoms with Crippen LogP contribution in [0.1, 0.15) is 49.5 Å². The number of ether oxygens (including phenoxy) is 4. The van der Waals surface area contributed by atoms with Gasteiger partial charge in [-0.15, -0.1) is 0 Å². The number of benzene rings is 1. The molecule has 0 bridgehead atoms. The van der Waals surface area contributed by atoms with Crippen molar-refractivity contribution in [3.05, 3.63) is 58.0 Å². The molecule has 0 saturated carbocycles. The summed E-state index contributed by atoms with van der Waals surface area (Å²) < 4.78 is 28.0. The number of cyclic esters (lactones) is 1. The third-order valence-corrected chi connectivity index (χ3v) is 6.46. The van der Waals surface area contributed by atoms with Gasteiger partial charge in [0.1, 0.15) is 24.2 Å². The van der Waals surface area contributed by atoms with Crippen molar-refractivity contribution in [2.45, 2.75) is 38.8 Å². The molecule has 1 N–H and O–H groups in total. The third-order valence-electron chi connectivity index (χ3n) is 5.79. The van der Waals surface area contributed by atoms with Crippen molar-refractivity contribution < 1.29 is 42.9 Å². The van der Waals surface area contributed by atoms with Gasteiger partial charge in [0.2, 0.25) is 5.91 Å². The minimum atomic E-state index is -1.04. The average Bonchev–Trinajstić information content (AvgIpc) is 3.45. The minimum absolute atomic E-state index is 0.0247. The Labute approximate surface area is 223 Å². The SMILES string of the molecule is CC(=O)OC(c1cc(Br)c(CCCOCCOCCO)o1)C(C)C(=O)N1C(=O)OCC1c1ccccc1. The molecule has 11 heteroatoms. The van der Waals surface area contributed by atoms with Crippen molar-refractivity contribution in [3.63, 3.8) is 0 Å². The van der Waals surface area contributed by atoms with Crippen LogP contribution in [0.3, 0.4) is 0 Å². The molecule has 10 nitrogen and oxygen atoms in total. The third kappa shape index (κ3) is 7.88. The van der Waals surface area contributed by atoms with Crippen LogP contribution in [0, 0.1) is 5.92 Å². The number of carbonyl (C=O) groups excluding carboxylic acids is 3. The summed E-state index contributed by atoms with van der Waals surface area (Å²) >= 11 is 3.48. The molecular weight excluding hydrogens is 550 g/mol. The van der Waals surface area contributed by atoms with E-state index in [1.165, 1.54) is 6.92 Å². The zero-order chi connectivity index (χ0) is 26.8. The van der Waals surface area contributed by atoms with E-state index < -0.39 is 36.0 Å². The summed E-state index contributed by atoms with van der Waals surface area (Å²) in [7, 11) is 0. The summed E-state index contributed by atoms with van der Waals surface area (Å²) in [4.78, 5) is 39.0. The number of rotatable bonds is 14. The van der Waals surface area contributed by atoms with Crippen molar-refractivity contribution in [2.75, 3.05) is 39.6 Å². The van der Waals surface area contributed by atoms with Crippen LogP contribution in [-0.4, -0.2) is 67.6 Å². The van der Waals surface area contributed by atoms with Gasteiger partial charge in [-0.25, -0.2) is 9.69 Å². The Kier molecular flexibility index (Phi) is 11.1. The predicted molar refractivity (Wildman–Crippen MR) is 135 cm³/mol. The normalized spacial score (nSPS) is 16.9. The fraction of sp³-hybridized carbons (Fsp3) is 0.500. The molecule has 1 fully saturated rings. The van der Waals surface area contributed by atoms with Crippen LogP contribution >= 0.6 is 15.9 Å². The molecular formula is C26H32BrNO9. The molecule has 0 aliphatic carbocycles. The molecule has 1 aromatic heterocycles. The second-order valence-corrected chi connectivity index (χ2v) is 9.36.